The molecule has 18 heavy (non-hydrogen) atoms. The third kappa shape index (κ3) is 2.95. The molecule has 1 aromatic carbocycles. The lowest BCUT2D eigenvalue weighted by Gasteiger charge is -2.13. The molecule has 0 bridgehead atoms. The third-order valence-corrected chi connectivity index (χ3v) is 3.54. The number of nitrogens with zero attached hydrogens (tertiary/aromatic N) is 2. The van der Waals surface area contributed by atoms with Crippen LogP contribution in [0.2, 0.25) is 0 Å². The van der Waals surface area contributed by atoms with Crippen LogP contribution in [0.1, 0.15) is 19.5 Å². The van der Waals surface area contributed by atoms with E-state index < -0.39 is 0 Å². The fourth-order valence-corrected chi connectivity index (χ4v) is 2.96. The molecule has 96 valence electrons. The van der Waals surface area contributed by atoms with E-state index in [1.807, 2.05) is 25.3 Å². The first-order valence-electron chi connectivity index (χ1n) is 5.75. The van der Waals surface area contributed by atoms with Gasteiger partial charge in [-0.3, -0.25) is 4.57 Å². The van der Waals surface area contributed by atoms with Crippen molar-refractivity contribution in [2.45, 2.75) is 26.8 Å². The molecule has 1 N–H and O–H groups in total. The first-order valence-corrected chi connectivity index (χ1v) is 7.34. The van der Waals surface area contributed by atoms with Gasteiger partial charge in [-0.1, -0.05) is 15.9 Å². The maximum Gasteiger partial charge on any atom is 0.207 e. The summed E-state index contributed by atoms with van der Waals surface area (Å²) in [4.78, 5) is 4.51. The molecule has 0 spiro atoms. The highest BCUT2D eigenvalue weighted by Gasteiger charge is 2.11. The minimum atomic E-state index is 0.347. The molecule has 5 heteroatoms. The molecule has 0 fully saturated rings. The van der Waals surface area contributed by atoms with Crippen LogP contribution in [0.4, 0.5) is 5.95 Å². The van der Waals surface area contributed by atoms with Crippen LogP contribution in [0.5, 0.6) is 0 Å². The highest BCUT2D eigenvalue weighted by atomic mass is 79.9. The van der Waals surface area contributed by atoms with E-state index in [1.165, 1.54) is 0 Å². The average molecular weight is 373 g/mol. The van der Waals surface area contributed by atoms with Gasteiger partial charge in [0, 0.05) is 21.2 Å². The van der Waals surface area contributed by atoms with E-state index in [0.29, 0.717) is 6.04 Å². The van der Waals surface area contributed by atoms with Gasteiger partial charge in [0.25, 0.3) is 0 Å². The second-order valence-electron chi connectivity index (χ2n) is 4.47. The maximum absolute atomic E-state index is 4.51. The Hall–Kier alpha value is -0.810. The lowest BCUT2D eigenvalue weighted by atomic mass is 10.3. The van der Waals surface area contributed by atoms with E-state index in [2.05, 4.69) is 66.6 Å². The van der Waals surface area contributed by atoms with Crippen LogP contribution >= 0.6 is 31.9 Å². The van der Waals surface area contributed by atoms with Crippen molar-refractivity contribution < 1.29 is 0 Å². The summed E-state index contributed by atoms with van der Waals surface area (Å²) in [6.07, 6.45) is 2.03. The molecule has 0 aliphatic carbocycles. The summed E-state index contributed by atoms with van der Waals surface area (Å²) in [5, 5.41) is 3.35. The molecule has 0 saturated heterocycles. The first kappa shape index (κ1) is 13.6. The van der Waals surface area contributed by atoms with Crippen molar-refractivity contribution in [3.8, 4) is 5.69 Å². The van der Waals surface area contributed by atoms with Crippen LogP contribution in [0.25, 0.3) is 5.69 Å². The molecule has 0 unspecified atom stereocenters. The zero-order chi connectivity index (χ0) is 13.3. The lowest BCUT2D eigenvalue weighted by Crippen LogP contribution is -2.14. The van der Waals surface area contributed by atoms with Crippen molar-refractivity contribution in [1.82, 2.24) is 9.55 Å². The molecule has 1 heterocycles. The van der Waals surface area contributed by atoms with E-state index in [1.54, 1.807) is 0 Å². The summed E-state index contributed by atoms with van der Waals surface area (Å²) in [5.41, 5.74) is 2.06. The van der Waals surface area contributed by atoms with E-state index in [4.69, 9.17) is 0 Å². The minimum absolute atomic E-state index is 0.347. The van der Waals surface area contributed by atoms with Gasteiger partial charge in [-0.25, -0.2) is 4.98 Å². The summed E-state index contributed by atoms with van der Waals surface area (Å²) in [7, 11) is 0. The van der Waals surface area contributed by atoms with Crippen molar-refractivity contribution in [3.63, 3.8) is 0 Å². The Labute approximate surface area is 124 Å². The molecule has 0 aliphatic rings. The van der Waals surface area contributed by atoms with E-state index in [0.717, 1.165) is 26.3 Å². The van der Waals surface area contributed by atoms with Gasteiger partial charge in [0.1, 0.15) is 0 Å². The number of benzene rings is 1. The first-order chi connectivity index (χ1) is 8.47. The minimum Gasteiger partial charge on any atom is -0.353 e. The van der Waals surface area contributed by atoms with Crippen molar-refractivity contribution >= 4 is 37.8 Å². The van der Waals surface area contributed by atoms with Gasteiger partial charge in [0.2, 0.25) is 5.95 Å². The predicted octanol–water partition coefficient (Wildman–Crippen LogP) is 4.53. The monoisotopic (exact) mass is 371 g/mol. The highest BCUT2D eigenvalue weighted by molar-refractivity contribution is 9.11. The van der Waals surface area contributed by atoms with Crippen molar-refractivity contribution in [3.05, 3.63) is 39.0 Å². The maximum atomic E-state index is 4.51. The second kappa shape index (κ2) is 5.45. The number of aromatic nitrogens is 2. The van der Waals surface area contributed by atoms with E-state index >= 15 is 0 Å². The van der Waals surface area contributed by atoms with Crippen LogP contribution in [-0.2, 0) is 0 Å². The standard InChI is InChI=1S/C13H15Br2N3/c1-8(2)16-13-17-9(3)7-18(13)12-5-4-10(14)6-11(12)15/h4-8H,1-3H3,(H,16,17). The molecule has 0 radical (unpaired) electrons. The van der Waals surface area contributed by atoms with Gasteiger partial charge < -0.3 is 5.32 Å². The zero-order valence-corrected chi connectivity index (χ0v) is 13.7. The zero-order valence-electron chi connectivity index (χ0n) is 10.5. The Balaban J connectivity index is 2.49. The number of nitrogens with one attached hydrogen (secondary N) is 1. The van der Waals surface area contributed by atoms with Crippen LogP contribution in [0.15, 0.2) is 33.3 Å². The molecule has 3 nitrogen and oxygen atoms in total. The summed E-state index contributed by atoms with van der Waals surface area (Å²) >= 11 is 7.05. The average Bonchev–Trinajstić information content (AvgIpc) is 2.58. The Kier molecular flexibility index (Phi) is 4.12. The molecule has 2 aromatic rings. The Bertz CT molecular complexity index is 561. The van der Waals surface area contributed by atoms with E-state index in [-0.39, 0.29) is 0 Å². The van der Waals surface area contributed by atoms with Gasteiger partial charge in [-0.2, -0.15) is 0 Å². The SMILES string of the molecule is Cc1cn(-c2ccc(Br)cc2Br)c(NC(C)C)n1. The quantitative estimate of drug-likeness (QED) is 0.857. The van der Waals surface area contributed by atoms with Crippen molar-refractivity contribution in [2.75, 3.05) is 5.32 Å². The fourth-order valence-electron chi connectivity index (χ4n) is 1.72. The summed E-state index contributed by atoms with van der Waals surface area (Å²) in [6.45, 7) is 6.20. The van der Waals surface area contributed by atoms with Gasteiger partial charge in [0.15, 0.2) is 0 Å². The number of hydrogen-bond donors (Lipinski definition) is 1. The molecule has 0 amide bonds. The number of halogens is 2. The second-order valence-corrected chi connectivity index (χ2v) is 6.24. The Morgan fingerprint density at radius 3 is 2.61 bits per heavy atom. The summed E-state index contributed by atoms with van der Waals surface area (Å²) < 4.78 is 4.14. The normalized spacial score (nSPS) is 11.0. The van der Waals surface area contributed by atoms with Crippen LogP contribution < -0.4 is 5.32 Å². The molecule has 0 saturated carbocycles. The number of anilines is 1. The van der Waals surface area contributed by atoms with Gasteiger partial charge in [0.05, 0.1) is 11.4 Å². The third-order valence-electron chi connectivity index (χ3n) is 2.41. The van der Waals surface area contributed by atoms with E-state index in [9.17, 15) is 0 Å². The lowest BCUT2D eigenvalue weighted by molar-refractivity contribution is 0.863. The van der Waals surface area contributed by atoms with Gasteiger partial charge in [-0.05, 0) is 54.9 Å². The fraction of sp³-hybridized carbons (Fsp3) is 0.308. The Morgan fingerprint density at radius 1 is 1.28 bits per heavy atom. The van der Waals surface area contributed by atoms with Crippen LogP contribution in [0, 0.1) is 6.92 Å². The molecule has 2 rings (SSSR count). The Morgan fingerprint density at radius 2 is 2.00 bits per heavy atom. The smallest absolute Gasteiger partial charge is 0.207 e. The number of imidazole rings is 1. The highest BCUT2D eigenvalue weighted by Crippen LogP contribution is 2.27. The largest absolute Gasteiger partial charge is 0.353 e. The van der Waals surface area contributed by atoms with Gasteiger partial charge >= 0.3 is 0 Å². The molecule has 0 atom stereocenters. The van der Waals surface area contributed by atoms with Crippen molar-refractivity contribution in [2.24, 2.45) is 0 Å². The summed E-state index contributed by atoms with van der Waals surface area (Å²) in [6, 6.07) is 6.46. The van der Waals surface area contributed by atoms with Gasteiger partial charge in [-0.15, -0.1) is 0 Å². The number of aryl methyl sites for hydroxylation is 1. The van der Waals surface area contributed by atoms with Crippen LogP contribution in [-0.4, -0.2) is 15.6 Å². The molecule has 1 aromatic heterocycles. The molecular weight excluding hydrogens is 358 g/mol. The topological polar surface area (TPSA) is 29.9 Å². The molecular formula is C13H15Br2N3. The molecule has 0 aliphatic heterocycles. The predicted molar refractivity (Wildman–Crippen MR) is 82.5 cm³/mol. The number of hydrogen-bond acceptors (Lipinski definition) is 2. The number of rotatable bonds is 3. The summed E-state index contributed by atoms with van der Waals surface area (Å²) in [5.74, 6) is 0.866. The van der Waals surface area contributed by atoms with Crippen LogP contribution in [0.3, 0.4) is 0 Å². The van der Waals surface area contributed by atoms with Crippen molar-refractivity contribution in [1.29, 1.82) is 0 Å².